The summed E-state index contributed by atoms with van der Waals surface area (Å²) in [5.41, 5.74) is 0.647. The monoisotopic (exact) mass is 350 g/mol. The summed E-state index contributed by atoms with van der Waals surface area (Å²) < 4.78 is 13.9. The van der Waals surface area contributed by atoms with E-state index in [4.69, 9.17) is 0 Å². The maximum absolute atomic E-state index is 13.2. The van der Waals surface area contributed by atoms with E-state index in [0.717, 1.165) is 0 Å². The minimum atomic E-state index is -0.330. The lowest BCUT2D eigenvalue weighted by atomic mass is 10.00. The molecule has 128 valence electrons. The van der Waals surface area contributed by atoms with Gasteiger partial charge in [-0.1, -0.05) is 25.2 Å². The number of rotatable bonds is 4. The molecule has 6 nitrogen and oxygen atoms in total. The molecule has 1 aliphatic heterocycles. The summed E-state index contributed by atoms with van der Waals surface area (Å²) in [6.45, 7) is 5.22. The molecule has 1 atom stereocenters. The molecular formula is C16H19FN4O2S. The van der Waals surface area contributed by atoms with Gasteiger partial charge in [-0.05, 0) is 24.1 Å². The minimum absolute atomic E-state index is 0.0421. The second-order valence-corrected chi connectivity index (χ2v) is 7.16. The van der Waals surface area contributed by atoms with Crippen LogP contribution >= 0.6 is 11.3 Å². The maximum Gasteiger partial charge on any atom is 0.240 e. The number of hydrogen-bond donors (Lipinski definition) is 2. The number of nitrogens with zero attached hydrogens (tertiary/aromatic N) is 2. The van der Waals surface area contributed by atoms with Gasteiger partial charge in [0.05, 0.1) is 22.8 Å². The normalized spacial score (nSPS) is 18.8. The van der Waals surface area contributed by atoms with E-state index < -0.39 is 0 Å². The van der Waals surface area contributed by atoms with Gasteiger partial charge in [-0.3, -0.25) is 14.5 Å². The van der Waals surface area contributed by atoms with E-state index in [1.807, 2.05) is 18.7 Å². The zero-order valence-corrected chi connectivity index (χ0v) is 14.3. The number of thiazole rings is 1. The fourth-order valence-electron chi connectivity index (χ4n) is 2.93. The Bertz CT molecular complexity index is 777. The van der Waals surface area contributed by atoms with E-state index >= 15 is 0 Å². The number of piperazine rings is 1. The van der Waals surface area contributed by atoms with Crippen LogP contribution in [0.25, 0.3) is 10.2 Å². The lowest BCUT2D eigenvalue weighted by Gasteiger charge is -2.36. The first kappa shape index (κ1) is 16.8. The molecule has 1 saturated heterocycles. The van der Waals surface area contributed by atoms with Gasteiger partial charge in [-0.25, -0.2) is 9.37 Å². The summed E-state index contributed by atoms with van der Waals surface area (Å²) in [4.78, 5) is 30.5. The van der Waals surface area contributed by atoms with Crippen LogP contribution in [0.5, 0.6) is 0 Å². The second kappa shape index (κ2) is 6.82. The Balaban J connectivity index is 1.68. The number of anilines is 1. The molecule has 1 aromatic carbocycles. The van der Waals surface area contributed by atoms with Gasteiger partial charge < -0.3 is 10.6 Å². The first-order valence-corrected chi connectivity index (χ1v) is 8.63. The van der Waals surface area contributed by atoms with Gasteiger partial charge in [0.1, 0.15) is 5.82 Å². The zero-order chi connectivity index (χ0) is 17.3. The van der Waals surface area contributed by atoms with Crippen molar-refractivity contribution in [2.75, 3.05) is 25.0 Å². The Morgan fingerprint density at radius 1 is 1.54 bits per heavy atom. The summed E-state index contributed by atoms with van der Waals surface area (Å²) in [5.74, 6) is -0.485. The fourth-order valence-corrected chi connectivity index (χ4v) is 3.84. The average Bonchev–Trinajstić information content (AvgIpc) is 2.87. The molecule has 24 heavy (non-hydrogen) atoms. The largest absolute Gasteiger partial charge is 0.353 e. The smallest absolute Gasteiger partial charge is 0.240 e. The van der Waals surface area contributed by atoms with Crippen LogP contribution in [0.2, 0.25) is 0 Å². The van der Waals surface area contributed by atoms with Gasteiger partial charge in [-0.15, -0.1) is 0 Å². The maximum atomic E-state index is 13.2. The third-order valence-electron chi connectivity index (χ3n) is 3.94. The number of halogens is 1. The molecule has 0 aliphatic carbocycles. The highest BCUT2D eigenvalue weighted by Gasteiger charge is 2.33. The summed E-state index contributed by atoms with van der Waals surface area (Å²) in [6, 6.07) is 4.01. The van der Waals surface area contributed by atoms with Crippen LogP contribution in [0, 0.1) is 11.7 Å². The Kier molecular flexibility index (Phi) is 4.77. The van der Waals surface area contributed by atoms with Crippen LogP contribution in [0.4, 0.5) is 9.52 Å². The van der Waals surface area contributed by atoms with Crippen LogP contribution < -0.4 is 10.6 Å². The topological polar surface area (TPSA) is 74.3 Å². The summed E-state index contributed by atoms with van der Waals surface area (Å²) in [6.07, 6.45) is 0. The molecule has 2 aromatic rings. The van der Waals surface area contributed by atoms with Crippen molar-refractivity contribution in [1.82, 2.24) is 15.2 Å². The highest BCUT2D eigenvalue weighted by Crippen LogP contribution is 2.26. The van der Waals surface area contributed by atoms with Crippen LogP contribution in [0.3, 0.4) is 0 Å². The predicted octanol–water partition coefficient (Wildman–Crippen LogP) is 1.83. The van der Waals surface area contributed by atoms with Crippen molar-refractivity contribution >= 4 is 38.5 Å². The molecule has 0 saturated carbocycles. The molecule has 1 aliphatic rings. The molecule has 2 heterocycles. The van der Waals surface area contributed by atoms with Gasteiger partial charge >= 0.3 is 0 Å². The Morgan fingerprint density at radius 3 is 3.08 bits per heavy atom. The van der Waals surface area contributed by atoms with Gasteiger partial charge in [0.15, 0.2) is 5.13 Å². The van der Waals surface area contributed by atoms with Crippen molar-refractivity contribution in [2.45, 2.75) is 19.9 Å². The number of aromatic nitrogens is 1. The van der Waals surface area contributed by atoms with E-state index in [1.165, 1.54) is 23.5 Å². The van der Waals surface area contributed by atoms with E-state index in [1.54, 1.807) is 6.07 Å². The van der Waals surface area contributed by atoms with Crippen LogP contribution in [-0.4, -0.2) is 47.4 Å². The lowest BCUT2D eigenvalue weighted by Crippen LogP contribution is -2.58. The van der Waals surface area contributed by atoms with E-state index in [9.17, 15) is 14.0 Å². The predicted molar refractivity (Wildman–Crippen MR) is 91.4 cm³/mol. The molecule has 8 heteroatoms. The number of carbonyl (C=O) groups is 2. The number of carbonyl (C=O) groups excluding carboxylic acids is 2. The van der Waals surface area contributed by atoms with Crippen LogP contribution in [-0.2, 0) is 9.59 Å². The third-order valence-corrected chi connectivity index (χ3v) is 4.87. The van der Waals surface area contributed by atoms with Crippen molar-refractivity contribution in [2.24, 2.45) is 5.92 Å². The molecule has 2 amide bonds. The number of amides is 2. The number of benzene rings is 1. The second-order valence-electron chi connectivity index (χ2n) is 6.13. The highest BCUT2D eigenvalue weighted by molar-refractivity contribution is 7.22. The first-order valence-electron chi connectivity index (χ1n) is 7.82. The number of nitrogens with one attached hydrogen (secondary N) is 2. The van der Waals surface area contributed by atoms with Gasteiger partial charge in [0.25, 0.3) is 0 Å². The molecule has 1 unspecified atom stereocenters. The van der Waals surface area contributed by atoms with Gasteiger partial charge in [-0.2, -0.15) is 0 Å². The van der Waals surface area contributed by atoms with Gasteiger partial charge in [0.2, 0.25) is 11.8 Å². The summed E-state index contributed by atoms with van der Waals surface area (Å²) in [7, 11) is 0. The van der Waals surface area contributed by atoms with Gasteiger partial charge in [0, 0.05) is 13.1 Å². The van der Waals surface area contributed by atoms with Crippen LogP contribution in [0.1, 0.15) is 13.8 Å². The molecular weight excluding hydrogens is 331 g/mol. The molecule has 0 spiro atoms. The summed E-state index contributed by atoms with van der Waals surface area (Å²) >= 11 is 1.23. The summed E-state index contributed by atoms with van der Waals surface area (Å²) in [5, 5.41) is 6.01. The van der Waals surface area contributed by atoms with E-state index in [2.05, 4.69) is 15.6 Å². The van der Waals surface area contributed by atoms with Crippen molar-refractivity contribution in [3.63, 3.8) is 0 Å². The Hall–Kier alpha value is -2.06. The molecule has 0 radical (unpaired) electrons. The number of hydrogen-bond acceptors (Lipinski definition) is 5. The average molecular weight is 350 g/mol. The first-order chi connectivity index (χ1) is 11.4. The molecule has 1 aromatic heterocycles. The third kappa shape index (κ3) is 3.54. The highest BCUT2D eigenvalue weighted by atomic mass is 32.1. The number of fused-ring (bicyclic) bond motifs is 1. The minimum Gasteiger partial charge on any atom is -0.353 e. The molecule has 0 bridgehead atoms. The quantitative estimate of drug-likeness (QED) is 0.882. The zero-order valence-electron chi connectivity index (χ0n) is 13.5. The van der Waals surface area contributed by atoms with Crippen molar-refractivity contribution < 1.29 is 14.0 Å². The SMILES string of the molecule is CC(C)C1C(=O)NCCN1CC(=O)Nc1nc2ccc(F)cc2s1. The fraction of sp³-hybridized carbons (Fsp3) is 0.438. The Morgan fingerprint density at radius 2 is 2.33 bits per heavy atom. The van der Waals surface area contributed by atoms with Crippen molar-refractivity contribution in [3.05, 3.63) is 24.0 Å². The van der Waals surface area contributed by atoms with E-state index in [-0.39, 0.29) is 36.1 Å². The molecule has 1 fully saturated rings. The van der Waals surface area contributed by atoms with Crippen molar-refractivity contribution in [3.8, 4) is 0 Å². The Labute approximate surface area is 143 Å². The lowest BCUT2D eigenvalue weighted by molar-refractivity contribution is -0.132. The van der Waals surface area contributed by atoms with Crippen molar-refractivity contribution in [1.29, 1.82) is 0 Å². The van der Waals surface area contributed by atoms with Crippen LogP contribution in [0.15, 0.2) is 18.2 Å². The standard InChI is InChI=1S/C16H19FN4O2S/c1-9(2)14-15(23)18-5-6-21(14)8-13(22)20-16-19-11-4-3-10(17)7-12(11)24-16/h3-4,7,9,14H,5-6,8H2,1-2H3,(H,18,23)(H,19,20,22). The van der Waals surface area contributed by atoms with E-state index in [0.29, 0.717) is 28.4 Å². The molecule has 2 N–H and O–H groups in total. The molecule has 3 rings (SSSR count).